The Morgan fingerprint density at radius 3 is 2.21 bits per heavy atom. The van der Waals surface area contributed by atoms with Gasteiger partial charge in [0.15, 0.2) is 0 Å². The van der Waals surface area contributed by atoms with Gasteiger partial charge < -0.3 is 5.32 Å². The molecule has 0 heterocycles. The summed E-state index contributed by atoms with van der Waals surface area (Å²) < 4.78 is 39.1. The second-order valence-corrected chi connectivity index (χ2v) is 4.48. The van der Waals surface area contributed by atoms with Crippen molar-refractivity contribution in [3.8, 4) is 0 Å². The predicted molar refractivity (Wildman–Crippen MR) is 68.3 cm³/mol. The summed E-state index contributed by atoms with van der Waals surface area (Å²) in [7, 11) is 0. The molecule has 2 aromatic carbocycles. The standard InChI is InChI=1S/C14H11ClF3N/c15-13-6-12(17)2-1-9(13)7-19-8-10-5-11(16)3-4-14(10)18/h1-6,19H,7-8H2. The first-order chi connectivity index (χ1) is 9.06. The van der Waals surface area contributed by atoms with Crippen LogP contribution in [0.1, 0.15) is 11.1 Å². The third-order valence-corrected chi connectivity index (χ3v) is 3.01. The zero-order chi connectivity index (χ0) is 13.8. The third kappa shape index (κ3) is 3.72. The summed E-state index contributed by atoms with van der Waals surface area (Å²) in [5, 5.41) is 3.23. The van der Waals surface area contributed by atoms with Crippen LogP contribution in [0.2, 0.25) is 5.02 Å². The van der Waals surface area contributed by atoms with Crippen LogP contribution in [0.15, 0.2) is 36.4 Å². The molecule has 1 N–H and O–H groups in total. The average molecular weight is 286 g/mol. The molecular weight excluding hydrogens is 275 g/mol. The Bertz CT molecular complexity index is 587. The van der Waals surface area contributed by atoms with E-state index >= 15 is 0 Å². The van der Waals surface area contributed by atoms with Gasteiger partial charge in [0.05, 0.1) is 0 Å². The molecule has 0 aliphatic carbocycles. The van der Waals surface area contributed by atoms with Crippen molar-refractivity contribution in [2.24, 2.45) is 0 Å². The molecule has 19 heavy (non-hydrogen) atoms. The van der Waals surface area contributed by atoms with Crippen LogP contribution < -0.4 is 5.32 Å². The Balaban J connectivity index is 1.98. The highest BCUT2D eigenvalue weighted by Crippen LogP contribution is 2.17. The van der Waals surface area contributed by atoms with Gasteiger partial charge in [-0.1, -0.05) is 17.7 Å². The van der Waals surface area contributed by atoms with Crippen molar-refractivity contribution >= 4 is 11.6 Å². The first-order valence-electron chi connectivity index (χ1n) is 5.65. The van der Waals surface area contributed by atoms with E-state index in [1.165, 1.54) is 12.1 Å². The molecule has 0 spiro atoms. The molecule has 0 saturated carbocycles. The lowest BCUT2D eigenvalue weighted by Crippen LogP contribution is -2.14. The van der Waals surface area contributed by atoms with Gasteiger partial charge in [-0.15, -0.1) is 0 Å². The Kier molecular flexibility index (Phi) is 4.45. The van der Waals surface area contributed by atoms with Crippen LogP contribution >= 0.6 is 11.6 Å². The fourth-order valence-corrected chi connectivity index (χ4v) is 1.91. The SMILES string of the molecule is Fc1ccc(CNCc2cc(F)ccc2F)c(Cl)c1. The molecule has 0 aromatic heterocycles. The monoisotopic (exact) mass is 285 g/mol. The Morgan fingerprint density at radius 1 is 0.842 bits per heavy atom. The zero-order valence-corrected chi connectivity index (χ0v) is 10.6. The zero-order valence-electron chi connectivity index (χ0n) is 9.89. The van der Waals surface area contributed by atoms with Crippen molar-refractivity contribution in [2.75, 3.05) is 0 Å². The number of rotatable bonds is 4. The summed E-state index contributed by atoms with van der Waals surface area (Å²) in [5.41, 5.74) is 0.929. The number of halogens is 4. The van der Waals surface area contributed by atoms with Crippen molar-refractivity contribution in [3.05, 3.63) is 70.0 Å². The molecule has 1 nitrogen and oxygen atoms in total. The molecule has 2 rings (SSSR count). The lowest BCUT2D eigenvalue weighted by molar-refractivity contribution is 0.568. The third-order valence-electron chi connectivity index (χ3n) is 2.65. The molecule has 0 radical (unpaired) electrons. The van der Waals surface area contributed by atoms with E-state index in [1.54, 1.807) is 6.07 Å². The van der Waals surface area contributed by atoms with E-state index < -0.39 is 17.5 Å². The van der Waals surface area contributed by atoms with E-state index in [0.29, 0.717) is 17.1 Å². The van der Waals surface area contributed by atoms with Gasteiger partial charge in [-0.05, 0) is 35.9 Å². The molecule has 0 unspecified atom stereocenters. The van der Waals surface area contributed by atoms with Gasteiger partial charge in [-0.2, -0.15) is 0 Å². The smallest absolute Gasteiger partial charge is 0.127 e. The molecule has 0 aliphatic heterocycles. The van der Waals surface area contributed by atoms with E-state index in [4.69, 9.17) is 11.6 Å². The number of benzene rings is 2. The minimum Gasteiger partial charge on any atom is -0.308 e. The molecule has 0 aliphatic rings. The molecular formula is C14H11ClF3N. The molecule has 5 heteroatoms. The normalized spacial score (nSPS) is 10.7. The van der Waals surface area contributed by atoms with Crippen LogP contribution in [0.25, 0.3) is 0 Å². The number of hydrogen-bond acceptors (Lipinski definition) is 1. The molecule has 100 valence electrons. The Morgan fingerprint density at radius 2 is 1.47 bits per heavy atom. The fraction of sp³-hybridized carbons (Fsp3) is 0.143. The minimum atomic E-state index is -0.488. The minimum absolute atomic E-state index is 0.164. The quantitative estimate of drug-likeness (QED) is 0.894. The van der Waals surface area contributed by atoms with Crippen LogP contribution in [0.5, 0.6) is 0 Å². The highest BCUT2D eigenvalue weighted by molar-refractivity contribution is 6.31. The van der Waals surface area contributed by atoms with E-state index in [0.717, 1.165) is 18.2 Å². The van der Waals surface area contributed by atoms with Crippen molar-refractivity contribution in [2.45, 2.75) is 13.1 Å². The van der Waals surface area contributed by atoms with Crippen molar-refractivity contribution in [1.29, 1.82) is 0 Å². The van der Waals surface area contributed by atoms with E-state index in [-0.39, 0.29) is 12.1 Å². The van der Waals surface area contributed by atoms with Gasteiger partial charge in [0.2, 0.25) is 0 Å². The Labute approximate surface area is 114 Å². The van der Waals surface area contributed by atoms with E-state index in [9.17, 15) is 13.2 Å². The molecule has 0 bridgehead atoms. The average Bonchev–Trinajstić information content (AvgIpc) is 2.36. The number of hydrogen-bond donors (Lipinski definition) is 1. The summed E-state index contributed by atoms with van der Waals surface area (Å²) >= 11 is 5.85. The predicted octanol–water partition coefficient (Wildman–Crippen LogP) is 4.05. The second kappa shape index (κ2) is 6.08. The first-order valence-corrected chi connectivity index (χ1v) is 6.02. The summed E-state index contributed by atoms with van der Waals surface area (Å²) in [6.45, 7) is 0.506. The van der Waals surface area contributed by atoms with Gasteiger partial charge >= 0.3 is 0 Å². The van der Waals surface area contributed by atoms with Crippen LogP contribution in [0.4, 0.5) is 13.2 Å². The molecule has 0 atom stereocenters. The maximum Gasteiger partial charge on any atom is 0.127 e. The summed E-state index contributed by atoms with van der Waals surface area (Å²) in [4.78, 5) is 0. The lowest BCUT2D eigenvalue weighted by atomic mass is 10.2. The maximum absolute atomic E-state index is 13.3. The van der Waals surface area contributed by atoms with Gasteiger partial charge in [0, 0.05) is 23.7 Å². The maximum atomic E-state index is 13.3. The van der Waals surface area contributed by atoms with Gasteiger partial charge in [0.25, 0.3) is 0 Å². The Hall–Kier alpha value is -1.52. The van der Waals surface area contributed by atoms with Crippen molar-refractivity contribution in [1.82, 2.24) is 5.32 Å². The van der Waals surface area contributed by atoms with E-state index in [2.05, 4.69) is 5.32 Å². The lowest BCUT2D eigenvalue weighted by Gasteiger charge is -2.08. The highest BCUT2D eigenvalue weighted by atomic mass is 35.5. The summed E-state index contributed by atoms with van der Waals surface area (Å²) in [6, 6.07) is 7.33. The van der Waals surface area contributed by atoms with Gasteiger partial charge in [-0.3, -0.25) is 0 Å². The van der Waals surface area contributed by atoms with Gasteiger partial charge in [-0.25, -0.2) is 13.2 Å². The van der Waals surface area contributed by atoms with Crippen LogP contribution in [-0.4, -0.2) is 0 Å². The largest absolute Gasteiger partial charge is 0.308 e. The molecule has 2 aromatic rings. The topological polar surface area (TPSA) is 12.0 Å². The first kappa shape index (κ1) is 13.9. The van der Waals surface area contributed by atoms with Crippen molar-refractivity contribution in [3.63, 3.8) is 0 Å². The van der Waals surface area contributed by atoms with Gasteiger partial charge in [0.1, 0.15) is 17.5 Å². The molecule has 0 fully saturated rings. The van der Waals surface area contributed by atoms with E-state index in [1.807, 2.05) is 0 Å². The van der Waals surface area contributed by atoms with Crippen LogP contribution in [0, 0.1) is 17.5 Å². The number of nitrogens with one attached hydrogen (secondary N) is 1. The fourth-order valence-electron chi connectivity index (χ4n) is 1.68. The molecule has 0 saturated heterocycles. The highest BCUT2D eigenvalue weighted by Gasteiger charge is 2.05. The summed E-state index contributed by atoms with van der Waals surface area (Å²) in [5.74, 6) is -1.37. The second-order valence-electron chi connectivity index (χ2n) is 4.08. The molecule has 0 amide bonds. The van der Waals surface area contributed by atoms with Crippen LogP contribution in [0.3, 0.4) is 0 Å². The summed E-state index contributed by atoms with van der Waals surface area (Å²) in [6.07, 6.45) is 0. The van der Waals surface area contributed by atoms with Crippen LogP contribution in [-0.2, 0) is 13.1 Å². The van der Waals surface area contributed by atoms with Crippen molar-refractivity contribution < 1.29 is 13.2 Å².